The van der Waals surface area contributed by atoms with Crippen LogP contribution >= 0.6 is 0 Å². The second kappa shape index (κ2) is 7.00. The van der Waals surface area contributed by atoms with Crippen LogP contribution in [0.4, 0.5) is 0 Å². The van der Waals surface area contributed by atoms with Crippen molar-refractivity contribution in [2.24, 2.45) is 0 Å². The number of nitrogens with zero attached hydrogens (tertiary/aromatic N) is 1. The number of aryl methyl sites for hydroxylation is 2. The Morgan fingerprint density at radius 1 is 1.12 bits per heavy atom. The highest BCUT2D eigenvalue weighted by Gasteiger charge is 2.16. The van der Waals surface area contributed by atoms with Gasteiger partial charge in [-0.15, -0.1) is 0 Å². The molecule has 4 heteroatoms. The van der Waals surface area contributed by atoms with Gasteiger partial charge in [0, 0.05) is 24.7 Å². The average Bonchev–Trinajstić information content (AvgIpc) is 3.10. The number of pyridine rings is 1. The number of para-hydroxylation sites is 1. The predicted octanol–water partition coefficient (Wildman–Crippen LogP) is 2.93. The number of hydrogen-bond donors (Lipinski definition) is 1. The van der Waals surface area contributed by atoms with Crippen LogP contribution in [0, 0.1) is 0 Å². The van der Waals surface area contributed by atoms with E-state index in [0.29, 0.717) is 18.7 Å². The number of carbonyl (C=O) groups excluding carboxylic acids is 1. The molecule has 2 aromatic carbocycles. The molecule has 4 rings (SSSR count). The Hall–Kier alpha value is -3.14. The van der Waals surface area contributed by atoms with Crippen molar-refractivity contribution < 1.29 is 4.79 Å². The summed E-state index contributed by atoms with van der Waals surface area (Å²) in [4.78, 5) is 24.7. The van der Waals surface area contributed by atoms with Crippen LogP contribution in [-0.2, 0) is 24.2 Å². The van der Waals surface area contributed by atoms with Crippen molar-refractivity contribution in [1.82, 2.24) is 9.88 Å². The minimum atomic E-state index is -0.185. The van der Waals surface area contributed by atoms with E-state index in [0.717, 1.165) is 23.7 Å². The lowest BCUT2D eigenvalue weighted by atomic mass is 10.1. The monoisotopic (exact) mass is 344 g/mol. The Morgan fingerprint density at radius 3 is 2.81 bits per heavy atom. The Morgan fingerprint density at radius 2 is 1.96 bits per heavy atom. The van der Waals surface area contributed by atoms with Gasteiger partial charge in [-0.3, -0.25) is 9.59 Å². The topological polar surface area (TPSA) is 51.1 Å². The highest BCUT2D eigenvalue weighted by molar-refractivity contribution is 5.92. The molecule has 0 radical (unpaired) electrons. The first-order valence-electron chi connectivity index (χ1n) is 8.88. The molecule has 0 spiro atoms. The summed E-state index contributed by atoms with van der Waals surface area (Å²) >= 11 is 0. The molecular weight excluding hydrogens is 324 g/mol. The molecule has 1 N–H and O–H groups in total. The summed E-state index contributed by atoms with van der Waals surface area (Å²) in [6, 6.07) is 18.0. The molecule has 1 amide bonds. The summed E-state index contributed by atoms with van der Waals surface area (Å²) in [5.74, 6) is -0.185. The van der Waals surface area contributed by atoms with Crippen LogP contribution in [0.15, 0.2) is 65.5 Å². The second-order valence-corrected chi connectivity index (χ2v) is 6.52. The Kier molecular flexibility index (Phi) is 4.40. The molecule has 1 aliphatic heterocycles. The standard InChI is InChI=1S/C22H20N2O2/c25-20(23-13-11-16-5-2-1-3-6-16)10-9-19-15-18-8-4-7-17-12-14-24(21(17)18)22(19)26/h1-10,15H,11-14H2,(H,23,25). The minimum Gasteiger partial charge on any atom is -0.352 e. The van der Waals surface area contributed by atoms with E-state index >= 15 is 0 Å². The van der Waals surface area contributed by atoms with E-state index in [1.807, 2.05) is 53.1 Å². The zero-order chi connectivity index (χ0) is 17.9. The molecule has 0 saturated heterocycles. The first-order valence-corrected chi connectivity index (χ1v) is 8.88. The fraction of sp³-hybridized carbons (Fsp3) is 0.182. The molecular formula is C22H20N2O2. The highest BCUT2D eigenvalue weighted by atomic mass is 16.1. The van der Waals surface area contributed by atoms with E-state index in [1.54, 1.807) is 6.08 Å². The number of benzene rings is 2. The molecule has 26 heavy (non-hydrogen) atoms. The molecule has 3 aromatic rings. The minimum absolute atomic E-state index is 0.0317. The van der Waals surface area contributed by atoms with Crippen molar-refractivity contribution >= 4 is 22.9 Å². The average molecular weight is 344 g/mol. The van der Waals surface area contributed by atoms with E-state index < -0.39 is 0 Å². The van der Waals surface area contributed by atoms with Gasteiger partial charge in [-0.05, 0) is 41.5 Å². The number of hydrogen-bond acceptors (Lipinski definition) is 2. The van der Waals surface area contributed by atoms with Gasteiger partial charge in [0.1, 0.15) is 0 Å². The van der Waals surface area contributed by atoms with Crippen LogP contribution in [0.3, 0.4) is 0 Å². The van der Waals surface area contributed by atoms with Gasteiger partial charge in [0.15, 0.2) is 0 Å². The van der Waals surface area contributed by atoms with Crippen molar-refractivity contribution in [3.63, 3.8) is 0 Å². The second-order valence-electron chi connectivity index (χ2n) is 6.52. The molecule has 0 atom stereocenters. The zero-order valence-electron chi connectivity index (χ0n) is 14.4. The highest BCUT2D eigenvalue weighted by Crippen LogP contribution is 2.24. The molecule has 2 heterocycles. The van der Waals surface area contributed by atoms with Gasteiger partial charge in [-0.2, -0.15) is 0 Å². The van der Waals surface area contributed by atoms with Crippen molar-refractivity contribution in [3.8, 4) is 0 Å². The maximum atomic E-state index is 12.6. The smallest absolute Gasteiger partial charge is 0.258 e. The molecule has 0 bridgehead atoms. The third kappa shape index (κ3) is 3.18. The van der Waals surface area contributed by atoms with Crippen LogP contribution in [-0.4, -0.2) is 17.0 Å². The van der Waals surface area contributed by atoms with Gasteiger partial charge in [0.2, 0.25) is 5.91 Å². The Balaban J connectivity index is 1.46. The van der Waals surface area contributed by atoms with E-state index in [-0.39, 0.29) is 11.5 Å². The molecule has 4 nitrogen and oxygen atoms in total. The molecule has 0 saturated carbocycles. The third-order valence-corrected chi connectivity index (χ3v) is 4.80. The first kappa shape index (κ1) is 16.3. The number of aromatic nitrogens is 1. The molecule has 130 valence electrons. The van der Waals surface area contributed by atoms with Gasteiger partial charge in [-0.1, -0.05) is 48.5 Å². The van der Waals surface area contributed by atoms with Gasteiger partial charge in [-0.25, -0.2) is 0 Å². The lowest BCUT2D eigenvalue weighted by molar-refractivity contribution is -0.116. The summed E-state index contributed by atoms with van der Waals surface area (Å²) in [5, 5.41) is 3.91. The van der Waals surface area contributed by atoms with Gasteiger partial charge >= 0.3 is 0 Å². The van der Waals surface area contributed by atoms with Gasteiger partial charge in [0.05, 0.1) is 5.52 Å². The number of amides is 1. The number of rotatable bonds is 5. The normalized spacial score (nSPS) is 12.8. The SMILES string of the molecule is O=C(C=Cc1cc2cccc3c2n(c1=O)CC3)NCCc1ccccc1. The van der Waals surface area contributed by atoms with Crippen LogP contribution in [0.25, 0.3) is 17.0 Å². The maximum Gasteiger partial charge on any atom is 0.258 e. The Labute approximate surface area is 151 Å². The van der Waals surface area contributed by atoms with Crippen LogP contribution < -0.4 is 10.9 Å². The van der Waals surface area contributed by atoms with E-state index in [2.05, 4.69) is 11.4 Å². The summed E-state index contributed by atoms with van der Waals surface area (Å²) in [6.07, 6.45) is 4.74. The van der Waals surface area contributed by atoms with Crippen molar-refractivity contribution in [2.75, 3.05) is 6.54 Å². The van der Waals surface area contributed by atoms with Crippen LogP contribution in [0.1, 0.15) is 16.7 Å². The van der Waals surface area contributed by atoms with E-state index in [9.17, 15) is 9.59 Å². The fourth-order valence-corrected chi connectivity index (χ4v) is 3.51. The van der Waals surface area contributed by atoms with E-state index in [1.165, 1.54) is 17.2 Å². The summed E-state index contributed by atoms with van der Waals surface area (Å²) < 4.78 is 1.82. The summed E-state index contributed by atoms with van der Waals surface area (Å²) in [5.41, 5.74) is 3.95. The zero-order valence-corrected chi connectivity index (χ0v) is 14.4. The van der Waals surface area contributed by atoms with Gasteiger partial charge in [0.25, 0.3) is 5.56 Å². The van der Waals surface area contributed by atoms with Crippen LogP contribution in [0.5, 0.6) is 0 Å². The van der Waals surface area contributed by atoms with Crippen LogP contribution in [0.2, 0.25) is 0 Å². The number of nitrogens with one attached hydrogen (secondary N) is 1. The number of carbonyl (C=O) groups is 1. The molecule has 1 aliphatic rings. The maximum absolute atomic E-state index is 12.6. The third-order valence-electron chi connectivity index (χ3n) is 4.80. The first-order chi connectivity index (χ1) is 12.7. The lowest BCUT2D eigenvalue weighted by Gasteiger charge is -2.06. The van der Waals surface area contributed by atoms with Gasteiger partial charge < -0.3 is 9.88 Å². The largest absolute Gasteiger partial charge is 0.352 e. The van der Waals surface area contributed by atoms with Crippen molar-refractivity contribution in [1.29, 1.82) is 0 Å². The molecule has 0 fully saturated rings. The van der Waals surface area contributed by atoms with Crippen molar-refractivity contribution in [3.05, 3.63) is 87.7 Å². The molecule has 0 aliphatic carbocycles. The molecule has 1 aromatic heterocycles. The molecule has 0 unspecified atom stereocenters. The predicted molar refractivity (Wildman–Crippen MR) is 104 cm³/mol. The Bertz CT molecular complexity index is 1050. The lowest BCUT2D eigenvalue weighted by Crippen LogP contribution is -2.24. The summed E-state index contributed by atoms with van der Waals surface area (Å²) in [6.45, 7) is 1.28. The fourth-order valence-electron chi connectivity index (χ4n) is 3.51. The van der Waals surface area contributed by atoms with Crippen molar-refractivity contribution in [2.45, 2.75) is 19.4 Å². The summed E-state index contributed by atoms with van der Waals surface area (Å²) in [7, 11) is 0. The van der Waals surface area contributed by atoms with E-state index in [4.69, 9.17) is 0 Å². The quantitative estimate of drug-likeness (QED) is 0.724.